The molecule has 1 aromatic rings. The van der Waals surface area contributed by atoms with Crippen molar-refractivity contribution in [3.63, 3.8) is 0 Å². The molecule has 2 saturated heterocycles. The maximum Gasteiger partial charge on any atom is 0.408 e. The number of nitrogens with one attached hydrogen (secondary N) is 3. The van der Waals surface area contributed by atoms with E-state index in [1.807, 2.05) is 32.9 Å². The van der Waals surface area contributed by atoms with E-state index in [0.717, 1.165) is 18.4 Å². The minimum atomic E-state index is -1.10. The predicted molar refractivity (Wildman–Crippen MR) is 182 cm³/mol. The van der Waals surface area contributed by atoms with Crippen LogP contribution in [0, 0.1) is 5.41 Å². The molecule has 0 unspecified atom stereocenters. The first kappa shape index (κ1) is 36.4. The number of likely N-dealkylation sites (tertiary alicyclic amines) is 1. The van der Waals surface area contributed by atoms with Crippen molar-refractivity contribution in [3.8, 4) is 11.5 Å². The molecule has 0 bridgehead atoms. The van der Waals surface area contributed by atoms with E-state index in [2.05, 4.69) is 21.1 Å². The van der Waals surface area contributed by atoms with E-state index in [1.54, 1.807) is 26.8 Å². The number of Topliss-reactive ketones (excluding diaryl/α,β-unsaturated/α-hetero) is 1. The minimum Gasteiger partial charge on any atom is -0.449 e. The van der Waals surface area contributed by atoms with Crippen molar-refractivity contribution in [3.05, 3.63) is 23.8 Å². The third-order valence-electron chi connectivity index (χ3n) is 9.70. The van der Waals surface area contributed by atoms with Crippen LogP contribution < -0.4 is 25.4 Å². The summed E-state index contributed by atoms with van der Waals surface area (Å²) in [7, 11) is 0. The molecule has 1 saturated carbocycles. The first-order valence-electron chi connectivity index (χ1n) is 17.8. The van der Waals surface area contributed by atoms with E-state index < -0.39 is 70.6 Å². The summed E-state index contributed by atoms with van der Waals surface area (Å²) in [5.41, 5.74) is -0.538. The van der Waals surface area contributed by atoms with Crippen molar-refractivity contribution in [1.29, 1.82) is 0 Å². The van der Waals surface area contributed by atoms with Crippen LogP contribution in [0.2, 0.25) is 0 Å². The number of carbonyl (C=O) groups excluding carboxylic acids is 5. The van der Waals surface area contributed by atoms with Crippen LogP contribution in [0.5, 0.6) is 11.5 Å². The molecular formula is C36H49N5O10. The Kier molecular flexibility index (Phi) is 9.96. The number of nitrogens with zero attached hydrogens (tertiary/aromatic N) is 2. The van der Waals surface area contributed by atoms with Gasteiger partial charge in [0.1, 0.15) is 18.2 Å². The Morgan fingerprint density at radius 1 is 1.06 bits per heavy atom. The van der Waals surface area contributed by atoms with Crippen molar-refractivity contribution < 1.29 is 47.8 Å². The summed E-state index contributed by atoms with van der Waals surface area (Å²) in [6, 6.07) is 2.17. The quantitative estimate of drug-likeness (QED) is 0.289. The molecule has 3 fully saturated rings. The lowest BCUT2D eigenvalue weighted by atomic mass is 9.85. The molecule has 5 atom stereocenters. The zero-order valence-electron chi connectivity index (χ0n) is 30.2. The number of rotatable bonds is 11. The highest BCUT2D eigenvalue weighted by Crippen LogP contribution is 2.43. The highest BCUT2D eigenvalue weighted by atomic mass is 16.7. The fourth-order valence-corrected chi connectivity index (χ4v) is 6.88. The van der Waals surface area contributed by atoms with Gasteiger partial charge in [0.15, 0.2) is 17.1 Å². The number of amides is 4. The summed E-state index contributed by atoms with van der Waals surface area (Å²) in [4.78, 5) is 75.1. The SMILES string of the molecule is CCC[C@H](NC(=O)[C@@H]1C[C@]2(CC(c3ccc4c(c3)OC(C)(C)O4)=NO2)CN1C(=O)[C@@H](NC(=O)O[C@H]1CCOC1)C(C)(C)C)C(=O)C(=O)NC1CC1. The Bertz CT molecular complexity index is 1590. The molecule has 0 radical (unpaired) electrons. The number of ketones is 1. The predicted octanol–water partition coefficient (Wildman–Crippen LogP) is 2.72. The van der Waals surface area contributed by atoms with Gasteiger partial charge in [0.25, 0.3) is 5.91 Å². The van der Waals surface area contributed by atoms with Crippen LogP contribution in [-0.4, -0.2) is 102 Å². The highest BCUT2D eigenvalue weighted by molar-refractivity contribution is 6.38. The number of oxime groups is 1. The Morgan fingerprint density at radius 2 is 1.80 bits per heavy atom. The summed E-state index contributed by atoms with van der Waals surface area (Å²) >= 11 is 0. The second kappa shape index (κ2) is 14.0. The van der Waals surface area contributed by atoms with Crippen LogP contribution in [0.4, 0.5) is 4.79 Å². The van der Waals surface area contributed by atoms with Crippen molar-refractivity contribution in [2.45, 2.75) is 128 Å². The van der Waals surface area contributed by atoms with E-state index in [4.69, 9.17) is 23.8 Å². The fraction of sp³-hybridized carbons (Fsp3) is 0.667. The highest BCUT2D eigenvalue weighted by Gasteiger charge is 2.56. The van der Waals surface area contributed by atoms with Crippen LogP contribution >= 0.6 is 0 Å². The van der Waals surface area contributed by atoms with Gasteiger partial charge in [0.05, 0.1) is 31.5 Å². The molecule has 1 aliphatic carbocycles. The molecule has 15 heteroatoms. The number of hydrogen-bond donors (Lipinski definition) is 3. The van der Waals surface area contributed by atoms with Gasteiger partial charge >= 0.3 is 6.09 Å². The minimum absolute atomic E-state index is 0.0250. The largest absolute Gasteiger partial charge is 0.449 e. The van der Waals surface area contributed by atoms with Crippen molar-refractivity contribution in [1.82, 2.24) is 20.9 Å². The molecule has 4 amide bonds. The van der Waals surface area contributed by atoms with Crippen LogP contribution in [0.1, 0.15) is 92.1 Å². The third-order valence-corrected chi connectivity index (χ3v) is 9.70. The molecule has 278 valence electrons. The Morgan fingerprint density at radius 3 is 2.47 bits per heavy atom. The summed E-state index contributed by atoms with van der Waals surface area (Å²) in [5, 5.41) is 12.6. The molecule has 0 aromatic heterocycles. The Balaban J connectivity index is 1.24. The van der Waals surface area contributed by atoms with Crippen LogP contribution in [0.3, 0.4) is 0 Å². The molecule has 15 nitrogen and oxygen atoms in total. The van der Waals surface area contributed by atoms with E-state index in [1.165, 1.54) is 4.90 Å². The summed E-state index contributed by atoms with van der Waals surface area (Å²) in [5.74, 6) is -2.24. The molecule has 1 aromatic carbocycles. The third kappa shape index (κ3) is 8.23. The van der Waals surface area contributed by atoms with E-state index in [0.29, 0.717) is 36.7 Å². The topological polar surface area (TPSA) is 183 Å². The molecular weight excluding hydrogens is 662 g/mol. The lowest BCUT2D eigenvalue weighted by molar-refractivity contribution is -0.144. The van der Waals surface area contributed by atoms with Gasteiger partial charge in [-0.1, -0.05) is 39.3 Å². The van der Waals surface area contributed by atoms with Crippen LogP contribution in [0.15, 0.2) is 23.4 Å². The standard InChI is InChI=1S/C36H49N5O10/c1-7-8-23(28(42)31(44)37-21-10-11-21)38-30(43)25-17-36(16-24(40-51-36)20-9-12-26-27(15-20)50-35(5,6)49-26)19-41(25)32(45)29(34(2,3)4)39-33(46)48-22-13-14-47-18-22/h9,12,15,21-23,25,29H,7-8,10-11,13-14,16-19H2,1-6H3,(H,37,44)(H,38,43)(H,39,46)/t22-,23-,25-,29+,36+/m0/s1. The smallest absolute Gasteiger partial charge is 0.408 e. The first-order valence-corrected chi connectivity index (χ1v) is 17.8. The number of ether oxygens (including phenoxy) is 4. The van der Waals surface area contributed by atoms with Gasteiger partial charge < -0.3 is 44.6 Å². The molecule has 6 rings (SSSR count). The van der Waals surface area contributed by atoms with Crippen molar-refractivity contribution in [2.24, 2.45) is 10.6 Å². The van der Waals surface area contributed by atoms with Gasteiger partial charge in [-0.3, -0.25) is 19.2 Å². The lowest BCUT2D eigenvalue weighted by Gasteiger charge is -2.35. The normalized spacial score (nSPS) is 25.8. The zero-order chi connectivity index (χ0) is 36.7. The maximum atomic E-state index is 14.5. The zero-order valence-corrected chi connectivity index (χ0v) is 30.2. The van der Waals surface area contributed by atoms with Gasteiger partial charge in [-0.15, -0.1) is 0 Å². The summed E-state index contributed by atoms with van der Waals surface area (Å²) < 4.78 is 22.6. The number of benzene rings is 1. The molecule has 4 aliphatic heterocycles. The van der Waals surface area contributed by atoms with Gasteiger partial charge in [-0.25, -0.2) is 4.79 Å². The maximum absolute atomic E-state index is 14.5. The number of carbonyl (C=O) groups is 5. The first-order chi connectivity index (χ1) is 24.1. The Hall–Kier alpha value is -4.40. The van der Waals surface area contributed by atoms with E-state index in [9.17, 15) is 24.0 Å². The molecule has 51 heavy (non-hydrogen) atoms. The second-order valence-corrected chi connectivity index (χ2v) is 15.7. The second-order valence-electron chi connectivity index (χ2n) is 15.7. The average Bonchev–Trinajstić information content (AvgIpc) is 3.40. The van der Waals surface area contributed by atoms with Gasteiger partial charge in [0.2, 0.25) is 23.4 Å². The summed E-state index contributed by atoms with van der Waals surface area (Å²) in [6.45, 7) is 11.6. The van der Waals surface area contributed by atoms with Crippen LogP contribution in [0.25, 0.3) is 0 Å². The molecule has 5 aliphatic rings. The molecule has 1 spiro atoms. The average molecular weight is 712 g/mol. The number of hydrogen-bond acceptors (Lipinski definition) is 11. The molecule has 4 heterocycles. The number of alkyl carbamates (subject to hydrolysis) is 1. The van der Waals surface area contributed by atoms with Crippen molar-refractivity contribution in [2.75, 3.05) is 19.8 Å². The monoisotopic (exact) mass is 711 g/mol. The van der Waals surface area contributed by atoms with Gasteiger partial charge in [-0.05, 0) is 42.9 Å². The van der Waals surface area contributed by atoms with Gasteiger partial charge in [0, 0.05) is 44.7 Å². The van der Waals surface area contributed by atoms with E-state index in [-0.39, 0.29) is 38.5 Å². The Labute approximate surface area is 297 Å². The van der Waals surface area contributed by atoms with Crippen molar-refractivity contribution >= 4 is 35.3 Å². The summed E-state index contributed by atoms with van der Waals surface area (Å²) in [6.07, 6.45) is 2.06. The fourth-order valence-electron chi connectivity index (χ4n) is 6.88. The van der Waals surface area contributed by atoms with Crippen LogP contribution in [-0.2, 0) is 33.5 Å². The van der Waals surface area contributed by atoms with E-state index >= 15 is 0 Å². The van der Waals surface area contributed by atoms with Gasteiger partial charge in [-0.2, -0.15) is 0 Å². The lowest BCUT2D eigenvalue weighted by Crippen LogP contribution is -2.59. The number of fused-ring (bicyclic) bond motifs is 1. The molecule has 3 N–H and O–H groups in total.